The van der Waals surface area contributed by atoms with Gasteiger partial charge in [0.25, 0.3) is 0 Å². The van der Waals surface area contributed by atoms with Crippen LogP contribution in [-0.4, -0.2) is 16.5 Å². The maximum Gasteiger partial charge on any atom is 0.134 e. The first-order valence-electron chi connectivity index (χ1n) is 6.55. The molecule has 4 rings (SSSR count). The highest BCUT2D eigenvalue weighted by Crippen LogP contribution is 2.46. The molecule has 96 valence electrons. The maximum atomic E-state index is 5.84. The summed E-state index contributed by atoms with van der Waals surface area (Å²) in [4.78, 5) is 7.92. The second-order valence-electron chi connectivity index (χ2n) is 5.28. The summed E-state index contributed by atoms with van der Waals surface area (Å²) in [6.45, 7) is 0.659. The molecule has 2 aromatic heterocycles. The number of hydrogen-bond donors (Lipinski definition) is 2. The predicted molar refractivity (Wildman–Crippen MR) is 73.8 cm³/mol. The molecule has 19 heavy (non-hydrogen) atoms. The Morgan fingerprint density at radius 3 is 2.95 bits per heavy atom. The molecule has 1 fully saturated rings. The highest BCUT2D eigenvalue weighted by atomic mass is 16.3. The van der Waals surface area contributed by atoms with Gasteiger partial charge in [-0.1, -0.05) is 18.2 Å². The first kappa shape index (κ1) is 10.8. The standard InChI is InChI=1S/C15H15N3O/c16-9-15(5-6-15)14-17-7-12(18-14)11-8-19-13-4-2-1-3-10(11)13/h1-4,7-8H,5-6,9,16H2,(H,17,18). The minimum atomic E-state index is 0.0950. The summed E-state index contributed by atoms with van der Waals surface area (Å²) in [5, 5.41) is 1.11. The van der Waals surface area contributed by atoms with Crippen LogP contribution >= 0.6 is 0 Å². The average Bonchev–Trinajstić information content (AvgIpc) is 2.90. The fourth-order valence-corrected chi connectivity index (χ4v) is 2.60. The van der Waals surface area contributed by atoms with E-state index in [0.29, 0.717) is 6.54 Å². The summed E-state index contributed by atoms with van der Waals surface area (Å²) in [5.74, 6) is 1.01. The van der Waals surface area contributed by atoms with E-state index in [4.69, 9.17) is 10.2 Å². The number of rotatable bonds is 3. The van der Waals surface area contributed by atoms with Crippen molar-refractivity contribution in [2.75, 3.05) is 6.54 Å². The maximum absolute atomic E-state index is 5.84. The number of aromatic amines is 1. The molecule has 0 amide bonds. The zero-order valence-electron chi connectivity index (χ0n) is 10.5. The van der Waals surface area contributed by atoms with Gasteiger partial charge in [-0.3, -0.25) is 0 Å². The van der Waals surface area contributed by atoms with Crippen LogP contribution in [0.25, 0.3) is 22.2 Å². The van der Waals surface area contributed by atoms with Gasteiger partial charge in [0.2, 0.25) is 0 Å². The van der Waals surface area contributed by atoms with Gasteiger partial charge in [0.15, 0.2) is 0 Å². The summed E-state index contributed by atoms with van der Waals surface area (Å²) in [6.07, 6.45) is 5.91. The van der Waals surface area contributed by atoms with Gasteiger partial charge in [0.1, 0.15) is 17.7 Å². The fourth-order valence-electron chi connectivity index (χ4n) is 2.60. The van der Waals surface area contributed by atoms with Crippen molar-refractivity contribution in [1.82, 2.24) is 9.97 Å². The molecule has 0 unspecified atom stereocenters. The monoisotopic (exact) mass is 253 g/mol. The molecule has 0 bridgehead atoms. The van der Waals surface area contributed by atoms with Crippen LogP contribution in [0, 0.1) is 0 Å². The van der Waals surface area contributed by atoms with Crippen molar-refractivity contribution in [2.24, 2.45) is 5.73 Å². The summed E-state index contributed by atoms with van der Waals surface area (Å²) < 4.78 is 5.57. The van der Waals surface area contributed by atoms with Gasteiger partial charge < -0.3 is 15.1 Å². The minimum absolute atomic E-state index is 0.0950. The van der Waals surface area contributed by atoms with Crippen LogP contribution in [0.3, 0.4) is 0 Å². The lowest BCUT2D eigenvalue weighted by atomic mass is 10.1. The number of H-pyrrole nitrogens is 1. The second-order valence-corrected chi connectivity index (χ2v) is 5.28. The summed E-state index contributed by atoms with van der Waals surface area (Å²) >= 11 is 0. The van der Waals surface area contributed by atoms with E-state index in [2.05, 4.69) is 16.0 Å². The fraction of sp³-hybridized carbons (Fsp3) is 0.267. The first-order chi connectivity index (χ1) is 9.32. The molecule has 1 aromatic carbocycles. The number of furan rings is 1. The van der Waals surface area contributed by atoms with Crippen LogP contribution < -0.4 is 5.73 Å². The molecule has 0 aliphatic heterocycles. The number of imidazole rings is 1. The normalized spacial score (nSPS) is 16.9. The van der Waals surface area contributed by atoms with Gasteiger partial charge >= 0.3 is 0 Å². The number of nitrogens with zero attached hydrogens (tertiary/aromatic N) is 1. The molecule has 1 saturated carbocycles. The SMILES string of the molecule is NCC1(c2ncc(-c3coc4ccccc34)[nH]2)CC1. The highest BCUT2D eigenvalue weighted by molar-refractivity contribution is 5.92. The lowest BCUT2D eigenvalue weighted by Gasteiger charge is -2.07. The Kier molecular flexibility index (Phi) is 2.11. The molecule has 1 aliphatic rings. The molecule has 4 nitrogen and oxygen atoms in total. The minimum Gasteiger partial charge on any atom is -0.464 e. The largest absolute Gasteiger partial charge is 0.464 e. The quantitative estimate of drug-likeness (QED) is 0.754. The Balaban J connectivity index is 1.81. The van der Waals surface area contributed by atoms with E-state index < -0.39 is 0 Å². The van der Waals surface area contributed by atoms with Crippen molar-refractivity contribution in [1.29, 1.82) is 0 Å². The summed E-state index contributed by atoms with van der Waals surface area (Å²) in [5.41, 5.74) is 8.89. The molecule has 1 aliphatic carbocycles. The topological polar surface area (TPSA) is 67.8 Å². The lowest BCUT2D eigenvalue weighted by Crippen LogP contribution is -2.21. The van der Waals surface area contributed by atoms with E-state index >= 15 is 0 Å². The Morgan fingerprint density at radius 1 is 1.32 bits per heavy atom. The van der Waals surface area contributed by atoms with E-state index in [1.54, 1.807) is 6.26 Å². The van der Waals surface area contributed by atoms with Gasteiger partial charge in [0.05, 0.1) is 11.9 Å². The molecule has 3 N–H and O–H groups in total. The number of nitrogens with one attached hydrogen (secondary N) is 1. The lowest BCUT2D eigenvalue weighted by molar-refractivity contribution is 0.616. The van der Waals surface area contributed by atoms with Crippen LogP contribution in [0.4, 0.5) is 0 Å². The molecule has 3 aromatic rings. The van der Waals surface area contributed by atoms with Crippen molar-refractivity contribution in [2.45, 2.75) is 18.3 Å². The van der Waals surface area contributed by atoms with Gasteiger partial charge in [0, 0.05) is 22.9 Å². The molecule has 0 saturated heterocycles. The number of aromatic nitrogens is 2. The zero-order chi connectivity index (χ0) is 12.9. The Bertz CT molecular complexity index is 737. The average molecular weight is 253 g/mol. The van der Waals surface area contributed by atoms with E-state index in [1.807, 2.05) is 24.4 Å². The van der Waals surface area contributed by atoms with E-state index in [0.717, 1.165) is 40.9 Å². The molecule has 2 heterocycles. The molecule has 0 radical (unpaired) electrons. The van der Waals surface area contributed by atoms with Crippen LogP contribution in [0.1, 0.15) is 18.7 Å². The van der Waals surface area contributed by atoms with Crippen molar-refractivity contribution in [3.8, 4) is 11.3 Å². The van der Waals surface area contributed by atoms with Crippen molar-refractivity contribution in [3.63, 3.8) is 0 Å². The number of para-hydroxylation sites is 1. The first-order valence-corrected chi connectivity index (χ1v) is 6.55. The van der Waals surface area contributed by atoms with Crippen molar-refractivity contribution >= 4 is 11.0 Å². The Labute approximate surface area is 110 Å². The zero-order valence-corrected chi connectivity index (χ0v) is 10.5. The molecular weight excluding hydrogens is 238 g/mol. The highest BCUT2D eigenvalue weighted by Gasteiger charge is 2.45. The van der Waals surface area contributed by atoms with Gasteiger partial charge in [-0.25, -0.2) is 4.98 Å². The third-order valence-corrected chi connectivity index (χ3v) is 4.09. The summed E-state index contributed by atoms with van der Waals surface area (Å²) in [6, 6.07) is 8.02. The van der Waals surface area contributed by atoms with Crippen LogP contribution in [-0.2, 0) is 5.41 Å². The van der Waals surface area contributed by atoms with Crippen molar-refractivity contribution < 1.29 is 4.42 Å². The van der Waals surface area contributed by atoms with Gasteiger partial charge in [-0.2, -0.15) is 0 Å². The number of benzene rings is 1. The Morgan fingerprint density at radius 2 is 2.16 bits per heavy atom. The Hall–Kier alpha value is -2.07. The van der Waals surface area contributed by atoms with Gasteiger partial charge in [-0.15, -0.1) is 0 Å². The smallest absolute Gasteiger partial charge is 0.134 e. The number of hydrogen-bond acceptors (Lipinski definition) is 3. The third kappa shape index (κ3) is 1.53. The van der Waals surface area contributed by atoms with E-state index in [1.165, 1.54) is 0 Å². The van der Waals surface area contributed by atoms with Gasteiger partial charge in [-0.05, 0) is 18.9 Å². The molecule has 4 heteroatoms. The molecular formula is C15H15N3O. The summed E-state index contributed by atoms with van der Waals surface area (Å²) in [7, 11) is 0. The second kappa shape index (κ2) is 3.71. The third-order valence-electron chi connectivity index (χ3n) is 4.09. The molecule has 0 spiro atoms. The van der Waals surface area contributed by atoms with Crippen LogP contribution in [0.15, 0.2) is 41.1 Å². The van der Waals surface area contributed by atoms with Crippen molar-refractivity contribution in [3.05, 3.63) is 42.5 Å². The van der Waals surface area contributed by atoms with Crippen LogP contribution in [0.5, 0.6) is 0 Å². The van der Waals surface area contributed by atoms with E-state index in [9.17, 15) is 0 Å². The van der Waals surface area contributed by atoms with Crippen LogP contribution in [0.2, 0.25) is 0 Å². The molecule has 0 atom stereocenters. The number of fused-ring (bicyclic) bond motifs is 1. The van der Waals surface area contributed by atoms with E-state index in [-0.39, 0.29) is 5.41 Å². The number of nitrogens with two attached hydrogens (primary N) is 1. The predicted octanol–water partition coefficient (Wildman–Crippen LogP) is 2.81.